The molecule has 10 aromatic rings. The molecule has 260 valence electrons. The van der Waals surface area contributed by atoms with Crippen LogP contribution in [0.25, 0.3) is 89.5 Å². The maximum absolute atomic E-state index is 6.19. The van der Waals surface area contributed by atoms with Gasteiger partial charge in [0.05, 0.1) is 5.41 Å². The highest BCUT2D eigenvalue weighted by molar-refractivity contribution is 6.06. The quantitative estimate of drug-likeness (QED) is 0.183. The fraction of sp³-hybridized carbons (Fsp3) is 0.0192. The fourth-order valence-corrected chi connectivity index (χ4v) is 9.40. The van der Waals surface area contributed by atoms with Crippen molar-refractivity contribution in [2.45, 2.75) is 5.41 Å². The first-order valence-electron chi connectivity index (χ1n) is 19.0. The molecule has 8 aromatic carbocycles. The standard InChI is InChI=1S/C52H31N3O/c1-2-14-32(15-3-1)49-53-50(33-27-29-48-42(30-33)41-21-9-13-25-47(41)56-48)55-51(54-49)34-26-28-40-36-17-5-4-16-35(36)37-18-6-10-22-43(37)52(46(40)31-34)44-23-11-7-19-38(44)39-20-8-12-24-45(39)52/h1-31H. The van der Waals surface area contributed by atoms with Gasteiger partial charge < -0.3 is 4.42 Å². The molecule has 0 saturated heterocycles. The normalized spacial score (nSPS) is 13.1. The van der Waals surface area contributed by atoms with Crippen LogP contribution in [0.1, 0.15) is 22.3 Å². The summed E-state index contributed by atoms with van der Waals surface area (Å²) in [5.41, 5.74) is 16.3. The van der Waals surface area contributed by atoms with E-state index >= 15 is 0 Å². The van der Waals surface area contributed by atoms with Gasteiger partial charge in [-0.2, -0.15) is 0 Å². The molecule has 0 atom stereocenters. The van der Waals surface area contributed by atoms with Crippen LogP contribution in [0.5, 0.6) is 0 Å². The summed E-state index contributed by atoms with van der Waals surface area (Å²) in [6, 6.07) is 67.0. The van der Waals surface area contributed by atoms with E-state index in [9.17, 15) is 0 Å². The van der Waals surface area contributed by atoms with Crippen molar-refractivity contribution >= 4 is 21.9 Å². The molecule has 2 aliphatic carbocycles. The predicted molar refractivity (Wildman–Crippen MR) is 225 cm³/mol. The zero-order chi connectivity index (χ0) is 36.8. The van der Waals surface area contributed by atoms with E-state index in [1.807, 2.05) is 48.5 Å². The van der Waals surface area contributed by atoms with Crippen molar-refractivity contribution in [1.29, 1.82) is 0 Å². The maximum atomic E-state index is 6.19. The average molecular weight is 714 g/mol. The molecule has 0 saturated carbocycles. The van der Waals surface area contributed by atoms with E-state index in [1.165, 1.54) is 55.6 Å². The Bertz CT molecular complexity index is 3170. The molecular formula is C52H31N3O. The number of fused-ring (bicyclic) bond motifs is 15. The number of rotatable bonds is 3. The first-order valence-corrected chi connectivity index (χ1v) is 19.0. The van der Waals surface area contributed by atoms with Crippen molar-refractivity contribution in [3.05, 3.63) is 210 Å². The second-order valence-corrected chi connectivity index (χ2v) is 14.7. The molecule has 0 amide bonds. The SMILES string of the molecule is c1ccc(-c2nc(-c3ccc4c(c3)C3(c5ccccc5-c5ccccc5-4)c4ccccc4-c4ccccc43)nc(-c3ccc4oc5ccccc5c4c3)n2)cc1. The van der Waals surface area contributed by atoms with Crippen LogP contribution in [0.15, 0.2) is 192 Å². The van der Waals surface area contributed by atoms with Gasteiger partial charge in [-0.15, -0.1) is 0 Å². The van der Waals surface area contributed by atoms with Crippen molar-refractivity contribution in [3.8, 4) is 67.5 Å². The first-order chi connectivity index (χ1) is 27.8. The van der Waals surface area contributed by atoms with Crippen LogP contribution in [0, 0.1) is 0 Å². The Labute approximate surface area is 323 Å². The van der Waals surface area contributed by atoms with E-state index in [0.29, 0.717) is 17.5 Å². The van der Waals surface area contributed by atoms with E-state index in [0.717, 1.165) is 38.6 Å². The monoisotopic (exact) mass is 713 g/mol. The Hall–Kier alpha value is -7.43. The third kappa shape index (κ3) is 4.32. The van der Waals surface area contributed by atoms with Crippen LogP contribution in [0.3, 0.4) is 0 Å². The molecule has 0 radical (unpaired) electrons. The zero-order valence-electron chi connectivity index (χ0n) is 30.1. The van der Waals surface area contributed by atoms with Gasteiger partial charge in [0.25, 0.3) is 0 Å². The Morgan fingerprint density at radius 3 is 1.39 bits per heavy atom. The van der Waals surface area contributed by atoms with Crippen molar-refractivity contribution in [2.75, 3.05) is 0 Å². The minimum absolute atomic E-state index is 0.598. The summed E-state index contributed by atoms with van der Waals surface area (Å²) >= 11 is 0. The lowest BCUT2D eigenvalue weighted by molar-refractivity contribution is 0.669. The van der Waals surface area contributed by atoms with Crippen molar-refractivity contribution in [3.63, 3.8) is 0 Å². The second kappa shape index (κ2) is 11.8. The molecule has 56 heavy (non-hydrogen) atoms. The number of furan rings is 1. The number of benzene rings is 8. The Morgan fingerprint density at radius 2 is 0.750 bits per heavy atom. The first kappa shape index (κ1) is 31.0. The highest BCUT2D eigenvalue weighted by atomic mass is 16.3. The summed E-state index contributed by atoms with van der Waals surface area (Å²) in [4.78, 5) is 15.6. The van der Waals surface area contributed by atoms with Gasteiger partial charge in [-0.1, -0.05) is 158 Å². The predicted octanol–water partition coefficient (Wildman–Crippen LogP) is 12.8. The maximum Gasteiger partial charge on any atom is 0.164 e. The van der Waals surface area contributed by atoms with Crippen molar-refractivity contribution in [1.82, 2.24) is 15.0 Å². The number of nitrogens with zero attached hydrogens (tertiary/aromatic N) is 3. The second-order valence-electron chi connectivity index (χ2n) is 14.7. The fourth-order valence-electron chi connectivity index (χ4n) is 9.40. The molecule has 0 N–H and O–H groups in total. The van der Waals surface area contributed by atoms with Gasteiger partial charge in [0.2, 0.25) is 0 Å². The largest absolute Gasteiger partial charge is 0.456 e. The van der Waals surface area contributed by atoms with Gasteiger partial charge in [-0.25, -0.2) is 15.0 Å². The number of hydrogen-bond acceptors (Lipinski definition) is 4. The Morgan fingerprint density at radius 1 is 0.304 bits per heavy atom. The lowest BCUT2D eigenvalue weighted by Gasteiger charge is -2.35. The molecule has 0 bridgehead atoms. The summed E-state index contributed by atoms with van der Waals surface area (Å²) in [7, 11) is 0. The number of hydrogen-bond donors (Lipinski definition) is 0. The number of para-hydroxylation sites is 1. The molecule has 4 heteroatoms. The van der Waals surface area contributed by atoms with Crippen molar-refractivity contribution in [2.24, 2.45) is 0 Å². The lowest BCUT2D eigenvalue weighted by atomic mass is 9.65. The summed E-state index contributed by atoms with van der Waals surface area (Å²) < 4.78 is 6.19. The minimum atomic E-state index is -0.598. The van der Waals surface area contributed by atoms with Crippen LogP contribution < -0.4 is 0 Å². The van der Waals surface area contributed by atoms with E-state index in [2.05, 4.69) is 140 Å². The molecule has 2 heterocycles. The molecule has 0 aliphatic heterocycles. The Balaban J connectivity index is 1.16. The van der Waals surface area contributed by atoms with Gasteiger partial charge in [0.15, 0.2) is 17.5 Å². The van der Waals surface area contributed by atoms with Crippen LogP contribution in [-0.2, 0) is 5.41 Å². The molecular weight excluding hydrogens is 683 g/mol. The lowest BCUT2D eigenvalue weighted by Crippen LogP contribution is -2.29. The van der Waals surface area contributed by atoms with E-state index in [1.54, 1.807) is 0 Å². The molecule has 2 aromatic heterocycles. The third-order valence-electron chi connectivity index (χ3n) is 11.8. The highest BCUT2D eigenvalue weighted by Gasteiger charge is 2.49. The minimum Gasteiger partial charge on any atom is -0.456 e. The molecule has 0 fully saturated rings. The van der Waals surface area contributed by atoms with Gasteiger partial charge in [-0.05, 0) is 86.0 Å². The highest BCUT2D eigenvalue weighted by Crippen LogP contribution is 2.61. The third-order valence-corrected chi connectivity index (χ3v) is 11.8. The van der Waals surface area contributed by atoms with Crippen LogP contribution in [0.4, 0.5) is 0 Å². The summed E-state index contributed by atoms with van der Waals surface area (Å²) in [6.07, 6.45) is 0. The molecule has 0 unspecified atom stereocenters. The summed E-state index contributed by atoms with van der Waals surface area (Å²) in [6.45, 7) is 0. The van der Waals surface area contributed by atoms with E-state index in [4.69, 9.17) is 19.4 Å². The topological polar surface area (TPSA) is 51.8 Å². The summed E-state index contributed by atoms with van der Waals surface area (Å²) in [5, 5.41) is 2.10. The van der Waals surface area contributed by atoms with Gasteiger partial charge >= 0.3 is 0 Å². The average Bonchev–Trinajstić information content (AvgIpc) is 3.76. The van der Waals surface area contributed by atoms with Crippen LogP contribution >= 0.6 is 0 Å². The van der Waals surface area contributed by atoms with Crippen LogP contribution in [0.2, 0.25) is 0 Å². The van der Waals surface area contributed by atoms with Gasteiger partial charge in [-0.3, -0.25) is 0 Å². The van der Waals surface area contributed by atoms with Crippen LogP contribution in [-0.4, -0.2) is 15.0 Å². The molecule has 1 spiro atoms. The van der Waals surface area contributed by atoms with E-state index in [-0.39, 0.29) is 0 Å². The molecule has 2 aliphatic rings. The Kier molecular flexibility index (Phi) is 6.52. The smallest absolute Gasteiger partial charge is 0.164 e. The van der Waals surface area contributed by atoms with E-state index < -0.39 is 5.41 Å². The van der Waals surface area contributed by atoms with Gasteiger partial charge in [0.1, 0.15) is 11.2 Å². The zero-order valence-corrected chi connectivity index (χ0v) is 30.1. The molecule has 4 nitrogen and oxygen atoms in total. The van der Waals surface area contributed by atoms with Crippen molar-refractivity contribution < 1.29 is 4.42 Å². The summed E-state index contributed by atoms with van der Waals surface area (Å²) in [5.74, 6) is 1.85. The molecule has 12 rings (SSSR count). The van der Waals surface area contributed by atoms with Gasteiger partial charge in [0, 0.05) is 27.5 Å². The number of aromatic nitrogens is 3.